The van der Waals surface area contributed by atoms with Gasteiger partial charge < -0.3 is 14.0 Å². The molecule has 2 fully saturated rings. The van der Waals surface area contributed by atoms with E-state index in [-0.39, 0.29) is 12.1 Å². The number of carbonyl (C=O) groups is 1. The Morgan fingerprint density at radius 3 is 2.60 bits per heavy atom. The summed E-state index contributed by atoms with van der Waals surface area (Å²) in [6, 6.07) is 8.93. The first-order valence-electron chi connectivity index (χ1n) is 13.1. The fourth-order valence-electron chi connectivity index (χ4n) is 5.82. The number of benzene rings is 1. The Bertz CT molecular complexity index is 1230. The summed E-state index contributed by atoms with van der Waals surface area (Å²) < 4.78 is 13.4. The fraction of sp³-hybridized carbons (Fsp3) is 0.536. The summed E-state index contributed by atoms with van der Waals surface area (Å²) in [4.78, 5) is 24.2. The number of anilines is 1. The number of fused-ring (bicyclic) bond motifs is 3. The number of nitrogens with zero attached hydrogens (tertiary/aromatic N) is 4. The number of aromatic nitrogens is 3. The normalized spacial score (nSPS) is 20.6. The monoisotopic (exact) mass is 474 g/mol. The lowest BCUT2D eigenvalue weighted by atomic mass is 9.94. The lowest BCUT2D eigenvalue weighted by Crippen LogP contribution is -2.42. The minimum Gasteiger partial charge on any atom is -0.474 e. The maximum absolute atomic E-state index is 12.6. The summed E-state index contributed by atoms with van der Waals surface area (Å²) in [6.07, 6.45) is 13.0. The summed E-state index contributed by atoms with van der Waals surface area (Å²) in [5, 5.41) is 0. The van der Waals surface area contributed by atoms with Gasteiger partial charge in [0, 0.05) is 36.3 Å². The largest absolute Gasteiger partial charge is 0.474 e. The first-order chi connectivity index (χ1) is 17.1. The van der Waals surface area contributed by atoms with Crippen LogP contribution in [0.2, 0.25) is 0 Å². The molecule has 0 saturated heterocycles. The summed E-state index contributed by atoms with van der Waals surface area (Å²) in [5.41, 5.74) is 5.45. The van der Waals surface area contributed by atoms with Crippen molar-refractivity contribution in [3.05, 3.63) is 47.4 Å². The van der Waals surface area contributed by atoms with E-state index in [1.165, 1.54) is 44.7 Å². The van der Waals surface area contributed by atoms with Gasteiger partial charge in [0.2, 0.25) is 5.88 Å². The molecule has 3 aromatic rings. The zero-order valence-corrected chi connectivity index (χ0v) is 20.7. The number of rotatable bonds is 5. The average molecular weight is 475 g/mol. The van der Waals surface area contributed by atoms with Gasteiger partial charge in [0.25, 0.3) is 0 Å². The van der Waals surface area contributed by atoms with Crippen molar-refractivity contribution in [1.29, 1.82) is 0 Å². The number of ether oxygens (including phenoxy) is 2. The number of pyridine rings is 1. The SMILES string of the molecule is COC(=O)N1c2ccc3c(nc(Cc4ccc(OC5CC5)nc4)n3C3CCCCC3)c2CC[C@@H]1C. The first-order valence-corrected chi connectivity index (χ1v) is 13.1. The number of imidazole rings is 1. The molecule has 7 nitrogen and oxygen atoms in total. The molecule has 1 aromatic carbocycles. The Hall–Kier alpha value is -3.09. The Balaban J connectivity index is 1.41. The predicted molar refractivity (Wildman–Crippen MR) is 135 cm³/mol. The predicted octanol–water partition coefficient (Wildman–Crippen LogP) is 5.98. The molecule has 184 valence electrons. The van der Waals surface area contributed by atoms with Crippen molar-refractivity contribution in [2.45, 2.75) is 89.3 Å². The molecule has 3 heterocycles. The van der Waals surface area contributed by atoms with Gasteiger partial charge in [-0.2, -0.15) is 0 Å². The smallest absolute Gasteiger partial charge is 0.414 e. The van der Waals surface area contributed by atoms with Crippen molar-refractivity contribution in [2.24, 2.45) is 0 Å². The second-order valence-corrected chi connectivity index (χ2v) is 10.3. The molecule has 1 amide bonds. The van der Waals surface area contributed by atoms with E-state index in [9.17, 15) is 4.79 Å². The van der Waals surface area contributed by atoms with Crippen LogP contribution >= 0.6 is 0 Å². The fourth-order valence-corrected chi connectivity index (χ4v) is 5.82. The molecule has 0 bridgehead atoms. The van der Waals surface area contributed by atoms with Gasteiger partial charge in [-0.25, -0.2) is 14.8 Å². The van der Waals surface area contributed by atoms with Gasteiger partial charge in [0.1, 0.15) is 11.9 Å². The minimum absolute atomic E-state index is 0.106. The second kappa shape index (κ2) is 9.17. The van der Waals surface area contributed by atoms with E-state index < -0.39 is 0 Å². The van der Waals surface area contributed by atoms with Gasteiger partial charge in [-0.15, -0.1) is 0 Å². The highest BCUT2D eigenvalue weighted by Gasteiger charge is 2.32. The Kier molecular flexibility index (Phi) is 5.86. The molecule has 1 atom stereocenters. The van der Waals surface area contributed by atoms with E-state index in [1.54, 1.807) is 4.90 Å². The van der Waals surface area contributed by atoms with E-state index in [0.717, 1.165) is 60.3 Å². The van der Waals surface area contributed by atoms with Crippen LogP contribution in [0.15, 0.2) is 30.5 Å². The summed E-state index contributed by atoms with van der Waals surface area (Å²) in [7, 11) is 1.45. The zero-order chi connectivity index (χ0) is 23.9. The Morgan fingerprint density at radius 1 is 1.06 bits per heavy atom. The van der Waals surface area contributed by atoms with Gasteiger partial charge in [-0.1, -0.05) is 25.3 Å². The molecule has 3 aliphatic rings. The van der Waals surface area contributed by atoms with Crippen LogP contribution in [0.1, 0.15) is 81.3 Å². The van der Waals surface area contributed by atoms with Crippen molar-refractivity contribution in [3.63, 3.8) is 0 Å². The molecular formula is C28H34N4O3. The lowest BCUT2D eigenvalue weighted by molar-refractivity contribution is 0.175. The van der Waals surface area contributed by atoms with Crippen LogP contribution in [0.25, 0.3) is 11.0 Å². The molecule has 0 N–H and O–H groups in total. The first kappa shape index (κ1) is 22.4. The maximum Gasteiger partial charge on any atom is 0.414 e. The topological polar surface area (TPSA) is 69.5 Å². The highest BCUT2D eigenvalue weighted by atomic mass is 16.5. The third-order valence-corrected chi connectivity index (χ3v) is 7.81. The molecule has 1 aliphatic heterocycles. The molecule has 2 saturated carbocycles. The van der Waals surface area contributed by atoms with E-state index in [4.69, 9.17) is 14.5 Å². The van der Waals surface area contributed by atoms with Crippen LogP contribution in [0.3, 0.4) is 0 Å². The molecule has 2 aromatic heterocycles. The molecule has 0 unspecified atom stereocenters. The molecule has 0 spiro atoms. The molecule has 0 radical (unpaired) electrons. The van der Waals surface area contributed by atoms with E-state index in [0.29, 0.717) is 18.0 Å². The zero-order valence-electron chi connectivity index (χ0n) is 20.7. The summed E-state index contributed by atoms with van der Waals surface area (Å²) in [5.74, 6) is 1.80. The molecule has 2 aliphatic carbocycles. The highest BCUT2D eigenvalue weighted by Crippen LogP contribution is 2.39. The summed E-state index contributed by atoms with van der Waals surface area (Å²) in [6.45, 7) is 2.08. The highest BCUT2D eigenvalue weighted by molar-refractivity contribution is 5.95. The van der Waals surface area contributed by atoms with Crippen LogP contribution in [-0.4, -0.2) is 39.9 Å². The van der Waals surface area contributed by atoms with Gasteiger partial charge in [0.05, 0.1) is 23.8 Å². The quantitative estimate of drug-likeness (QED) is 0.455. The average Bonchev–Trinajstić information content (AvgIpc) is 3.63. The lowest BCUT2D eigenvalue weighted by Gasteiger charge is -2.34. The molecule has 7 heteroatoms. The van der Waals surface area contributed by atoms with Gasteiger partial charge in [-0.3, -0.25) is 4.90 Å². The number of hydrogen-bond acceptors (Lipinski definition) is 5. The van der Waals surface area contributed by atoms with Crippen LogP contribution < -0.4 is 9.64 Å². The third-order valence-electron chi connectivity index (χ3n) is 7.81. The minimum atomic E-state index is -0.302. The van der Waals surface area contributed by atoms with Crippen LogP contribution in [0, 0.1) is 0 Å². The van der Waals surface area contributed by atoms with E-state index in [2.05, 4.69) is 34.7 Å². The Morgan fingerprint density at radius 2 is 1.89 bits per heavy atom. The van der Waals surface area contributed by atoms with Crippen molar-refractivity contribution in [2.75, 3.05) is 12.0 Å². The van der Waals surface area contributed by atoms with Gasteiger partial charge >= 0.3 is 6.09 Å². The second-order valence-electron chi connectivity index (χ2n) is 10.3. The molecule has 6 rings (SSSR count). The van der Waals surface area contributed by atoms with Crippen molar-refractivity contribution in [1.82, 2.24) is 14.5 Å². The van der Waals surface area contributed by atoms with Crippen molar-refractivity contribution < 1.29 is 14.3 Å². The van der Waals surface area contributed by atoms with Crippen LogP contribution in [-0.2, 0) is 17.6 Å². The van der Waals surface area contributed by atoms with Crippen molar-refractivity contribution in [3.8, 4) is 5.88 Å². The van der Waals surface area contributed by atoms with E-state index >= 15 is 0 Å². The Labute approximate surface area is 206 Å². The number of carbonyl (C=O) groups excluding carboxylic acids is 1. The molecule has 35 heavy (non-hydrogen) atoms. The standard InChI is InChI=1S/C28H34N4O3/c1-18-8-12-22-23(31(18)28(33)34-2)13-14-24-27(22)30-25(32(24)20-6-4-3-5-7-20)16-19-9-15-26(29-17-19)35-21-10-11-21/h9,13-15,17-18,20-21H,3-8,10-12,16H2,1-2H3/t18-/m0/s1. The number of hydrogen-bond donors (Lipinski definition) is 0. The summed E-state index contributed by atoms with van der Waals surface area (Å²) >= 11 is 0. The third kappa shape index (κ3) is 4.26. The number of amides is 1. The van der Waals surface area contributed by atoms with Gasteiger partial charge in [0.15, 0.2) is 0 Å². The number of aryl methyl sites for hydroxylation is 1. The molecular weight excluding hydrogens is 440 g/mol. The van der Waals surface area contributed by atoms with Crippen LogP contribution in [0.5, 0.6) is 5.88 Å². The van der Waals surface area contributed by atoms with Gasteiger partial charge in [-0.05, 0) is 63.1 Å². The van der Waals surface area contributed by atoms with Crippen LogP contribution in [0.4, 0.5) is 10.5 Å². The maximum atomic E-state index is 12.6. The van der Waals surface area contributed by atoms with E-state index in [1.807, 2.05) is 12.3 Å². The number of methoxy groups -OCH3 is 1. The van der Waals surface area contributed by atoms with Crippen molar-refractivity contribution >= 4 is 22.8 Å².